The fraction of sp³-hybridized carbons (Fsp3) is 0.400. The molecule has 0 aromatic heterocycles. The van der Waals surface area contributed by atoms with Crippen LogP contribution in [0.1, 0.15) is 37.0 Å². The average molecular weight is 291 g/mol. The van der Waals surface area contributed by atoms with Gasteiger partial charge in [-0.25, -0.2) is 0 Å². The summed E-state index contributed by atoms with van der Waals surface area (Å²) < 4.78 is 0. The summed E-state index contributed by atoms with van der Waals surface area (Å²) in [5, 5.41) is 0. The molecule has 1 aliphatic heterocycles. The van der Waals surface area contributed by atoms with Gasteiger partial charge in [-0.15, -0.1) is 11.8 Å². The molecule has 1 aromatic carbocycles. The monoisotopic (exact) mass is 291 g/mol. The molecule has 0 saturated heterocycles. The lowest BCUT2D eigenvalue weighted by atomic mass is 10.1. The maximum atomic E-state index is 12.0. The highest BCUT2D eigenvalue weighted by atomic mass is 32.2. The van der Waals surface area contributed by atoms with Crippen molar-refractivity contribution in [1.29, 1.82) is 0 Å². The van der Waals surface area contributed by atoms with Crippen LogP contribution in [0.2, 0.25) is 0 Å². The minimum atomic E-state index is -0.00940. The fourth-order valence-corrected chi connectivity index (χ4v) is 3.01. The van der Waals surface area contributed by atoms with Crippen molar-refractivity contribution in [3.63, 3.8) is 0 Å². The van der Waals surface area contributed by atoms with Crippen molar-refractivity contribution in [3.8, 4) is 0 Å². The summed E-state index contributed by atoms with van der Waals surface area (Å²) in [5.74, 6) is 0.483. The number of ketones is 2. The Hall–Kier alpha value is -1.62. The summed E-state index contributed by atoms with van der Waals surface area (Å²) >= 11 is 1.48. The number of rotatable bonds is 5. The van der Waals surface area contributed by atoms with E-state index >= 15 is 0 Å². The van der Waals surface area contributed by atoms with Crippen LogP contribution in [0.15, 0.2) is 23.1 Å². The number of carbonyl (C=O) groups is 3. The zero-order valence-corrected chi connectivity index (χ0v) is 12.5. The number of amides is 1. The van der Waals surface area contributed by atoms with E-state index in [2.05, 4.69) is 0 Å². The molecule has 5 heteroatoms. The van der Waals surface area contributed by atoms with Gasteiger partial charge in [-0.3, -0.25) is 14.4 Å². The standard InChI is InChI=1S/C15H17NO3S/c1-3-13(18)11-4-5-14-12(8-11)16(7-6-10(2)17)15(19)9-20-14/h4-5,8H,3,6-7,9H2,1-2H3. The molecule has 0 atom stereocenters. The molecule has 1 heterocycles. The lowest BCUT2D eigenvalue weighted by molar-refractivity contribution is -0.117. The summed E-state index contributed by atoms with van der Waals surface area (Å²) in [7, 11) is 0. The van der Waals surface area contributed by atoms with E-state index in [0.29, 0.717) is 30.7 Å². The maximum absolute atomic E-state index is 12.0. The van der Waals surface area contributed by atoms with Crippen molar-refractivity contribution < 1.29 is 14.4 Å². The molecule has 1 aliphatic rings. The second kappa shape index (κ2) is 6.22. The number of nitrogens with zero attached hydrogens (tertiary/aromatic N) is 1. The van der Waals surface area contributed by atoms with Crippen LogP contribution in [-0.4, -0.2) is 29.8 Å². The van der Waals surface area contributed by atoms with Crippen molar-refractivity contribution in [2.75, 3.05) is 17.2 Å². The van der Waals surface area contributed by atoms with Gasteiger partial charge in [-0.2, -0.15) is 0 Å². The minimum Gasteiger partial charge on any atom is -0.310 e. The molecule has 0 spiro atoms. The molecule has 2 rings (SSSR count). The van der Waals surface area contributed by atoms with Gasteiger partial charge in [0.15, 0.2) is 5.78 Å². The Morgan fingerprint density at radius 3 is 2.75 bits per heavy atom. The molecule has 0 unspecified atom stereocenters. The summed E-state index contributed by atoms with van der Waals surface area (Å²) in [5.41, 5.74) is 1.38. The molecule has 0 radical (unpaired) electrons. The largest absolute Gasteiger partial charge is 0.310 e. The third-order valence-corrected chi connectivity index (χ3v) is 4.28. The van der Waals surface area contributed by atoms with Crippen molar-refractivity contribution >= 4 is 34.9 Å². The van der Waals surface area contributed by atoms with Crippen LogP contribution in [0.4, 0.5) is 5.69 Å². The van der Waals surface area contributed by atoms with Crippen LogP contribution in [0.3, 0.4) is 0 Å². The van der Waals surface area contributed by atoms with E-state index in [1.54, 1.807) is 17.0 Å². The van der Waals surface area contributed by atoms with Crippen LogP contribution in [0.5, 0.6) is 0 Å². The first kappa shape index (κ1) is 14.8. The summed E-state index contributed by atoms with van der Waals surface area (Å²) in [6.07, 6.45) is 0.773. The Morgan fingerprint density at radius 2 is 2.10 bits per heavy atom. The molecule has 106 valence electrons. The van der Waals surface area contributed by atoms with Crippen LogP contribution in [-0.2, 0) is 9.59 Å². The molecule has 0 saturated carbocycles. The van der Waals surface area contributed by atoms with Gasteiger partial charge in [0.1, 0.15) is 5.78 Å². The number of hydrogen-bond donors (Lipinski definition) is 0. The number of hydrogen-bond acceptors (Lipinski definition) is 4. The van der Waals surface area contributed by atoms with E-state index < -0.39 is 0 Å². The maximum Gasteiger partial charge on any atom is 0.237 e. The number of anilines is 1. The molecule has 1 aromatic rings. The number of fused-ring (bicyclic) bond motifs is 1. The van der Waals surface area contributed by atoms with Gasteiger partial charge in [-0.05, 0) is 19.1 Å². The van der Waals surface area contributed by atoms with Crippen molar-refractivity contribution in [2.45, 2.75) is 31.6 Å². The van der Waals surface area contributed by atoms with Crippen LogP contribution in [0.25, 0.3) is 0 Å². The Labute approximate surface area is 122 Å². The van der Waals surface area contributed by atoms with Gasteiger partial charge in [0.05, 0.1) is 11.4 Å². The molecule has 0 N–H and O–H groups in total. The van der Waals surface area contributed by atoms with Gasteiger partial charge >= 0.3 is 0 Å². The Balaban J connectivity index is 2.34. The predicted octanol–water partition coefficient (Wildman–Crippen LogP) is 2.70. The number of benzene rings is 1. The smallest absolute Gasteiger partial charge is 0.237 e. The molecule has 0 aliphatic carbocycles. The van der Waals surface area contributed by atoms with Crippen LogP contribution >= 0.6 is 11.8 Å². The lowest BCUT2D eigenvalue weighted by Gasteiger charge is -2.29. The summed E-state index contributed by atoms with van der Waals surface area (Å²) in [6.45, 7) is 3.71. The normalized spacial score (nSPS) is 14.1. The van der Waals surface area contributed by atoms with E-state index in [1.807, 2.05) is 13.0 Å². The lowest BCUT2D eigenvalue weighted by Crippen LogP contribution is -2.36. The van der Waals surface area contributed by atoms with Gasteiger partial charge in [0.25, 0.3) is 0 Å². The van der Waals surface area contributed by atoms with Crippen LogP contribution < -0.4 is 4.90 Å². The molecule has 0 bridgehead atoms. The Morgan fingerprint density at radius 1 is 1.35 bits per heavy atom. The topological polar surface area (TPSA) is 54.5 Å². The van der Waals surface area contributed by atoms with E-state index in [1.165, 1.54) is 18.7 Å². The molecule has 1 amide bonds. The Bertz CT molecular complexity index is 568. The van der Waals surface area contributed by atoms with Crippen molar-refractivity contribution in [1.82, 2.24) is 0 Å². The minimum absolute atomic E-state index is 0.00940. The fourth-order valence-electron chi connectivity index (χ4n) is 2.09. The second-order valence-electron chi connectivity index (χ2n) is 4.75. The van der Waals surface area contributed by atoms with Gasteiger partial charge in [-0.1, -0.05) is 13.0 Å². The molecule has 20 heavy (non-hydrogen) atoms. The zero-order chi connectivity index (χ0) is 14.7. The number of carbonyl (C=O) groups excluding carboxylic acids is 3. The van der Waals surface area contributed by atoms with Crippen molar-refractivity contribution in [3.05, 3.63) is 23.8 Å². The Kier molecular flexibility index (Phi) is 4.60. The SMILES string of the molecule is CCC(=O)c1ccc2c(c1)N(CCC(C)=O)C(=O)CS2. The molecule has 0 fully saturated rings. The molecule has 4 nitrogen and oxygen atoms in total. The van der Waals surface area contributed by atoms with Crippen molar-refractivity contribution in [2.24, 2.45) is 0 Å². The molecular formula is C15H17NO3S. The first-order valence-corrected chi connectivity index (χ1v) is 7.61. The highest BCUT2D eigenvalue weighted by Gasteiger charge is 2.25. The zero-order valence-electron chi connectivity index (χ0n) is 11.6. The quantitative estimate of drug-likeness (QED) is 0.783. The summed E-state index contributed by atoms with van der Waals surface area (Å²) in [4.78, 5) is 37.6. The van der Waals surface area contributed by atoms with E-state index in [9.17, 15) is 14.4 Å². The average Bonchev–Trinajstić information content (AvgIpc) is 2.44. The second-order valence-corrected chi connectivity index (χ2v) is 5.76. The third kappa shape index (κ3) is 3.10. The number of Topliss-reactive ketones (excluding diaryl/α,β-unsaturated/α-hetero) is 2. The summed E-state index contributed by atoms with van der Waals surface area (Å²) in [6, 6.07) is 5.46. The van der Waals surface area contributed by atoms with Gasteiger partial charge in [0, 0.05) is 29.8 Å². The van der Waals surface area contributed by atoms with E-state index in [4.69, 9.17) is 0 Å². The first-order valence-electron chi connectivity index (χ1n) is 6.62. The first-order chi connectivity index (χ1) is 9.52. The third-order valence-electron chi connectivity index (χ3n) is 3.23. The van der Waals surface area contributed by atoms with E-state index in [0.717, 1.165) is 10.6 Å². The highest BCUT2D eigenvalue weighted by Crippen LogP contribution is 2.36. The molecular weight excluding hydrogens is 274 g/mol. The highest BCUT2D eigenvalue weighted by molar-refractivity contribution is 8.00. The number of thioether (sulfide) groups is 1. The van der Waals surface area contributed by atoms with Crippen LogP contribution in [0, 0.1) is 0 Å². The van der Waals surface area contributed by atoms with Gasteiger partial charge < -0.3 is 4.90 Å². The van der Waals surface area contributed by atoms with Gasteiger partial charge in [0.2, 0.25) is 5.91 Å². The predicted molar refractivity (Wildman–Crippen MR) is 79.4 cm³/mol. The van der Waals surface area contributed by atoms with E-state index in [-0.39, 0.29) is 17.5 Å².